The van der Waals surface area contributed by atoms with Crippen LogP contribution in [0.25, 0.3) is 0 Å². The van der Waals surface area contributed by atoms with Gasteiger partial charge in [0.1, 0.15) is 0 Å². The molecule has 1 heterocycles. The van der Waals surface area contributed by atoms with Gasteiger partial charge in [0, 0.05) is 24.7 Å². The summed E-state index contributed by atoms with van der Waals surface area (Å²) in [6, 6.07) is 2.12. The molecule has 1 aliphatic carbocycles. The first-order valence-corrected chi connectivity index (χ1v) is 8.59. The van der Waals surface area contributed by atoms with Gasteiger partial charge in [-0.1, -0.05) is 20.8 Å². The first kappa shape index (κ1) is 16.3. The number of piperidine rings is 1. The lowest BCUT2D eigenvalue weighted by Crippen LogP contribution is -2.56. The van der Waals surface area contributed by atoms with E-state index in [1.807, 2.05) is 0 Å². The van der Waals surface area contributed by atoms with Crippen molar-refractivity contribution in [3.8, 4) is 0 Å². The molecule has 0 aromatic carbocycles. The Labute approximate surface area is 126 Å². The van der Waals surface area contributed by atoms with Crippen molar-refractivity contribution in [2.24, 2.45) is 5.41 Å². The molecule has 3 unspecified atom stereocenters. The molecule has 3 atom stereocenters. The van der Waals surface area contributed by atoms with Gasteiger partial charge in [0.15, 0.2) is 0 Å². The monoisotopic (exact) mass is 281 g/mol. The van der Waals surface area contributed by atoms with Crippen molar-refractivity contribution in [1.82, 2.24) is 15.1 Å². The summed E-state index contributed by atoms with van der Waals surface area (Å²) in [7, 11) is 4.64. The highest BCUT2D eigenvalue weighted by Gasteiger charge is 2.44. The molecule has 1 saturated heterocycles. The Morgan fingerprint density at radius 3 is 2.70 bits per heavy atom. The van der Waals surface area contributed by atoms with Gasteiger partial charge >= 0.3 is 0 Å². The van der Waals surface area contributed by atoms with Crippen LogP contribution in [-0.2, 0) is 0 Å². The number of nitrogens with one attached hydrogen (secondary N) is 1. The molecule has 0 aromatic rings. The predicted octanol–water partition coefficient (Wildman–Crippen LogP) is 2.57. The Morgan fingerprint density at radius 1 is 1.30 bits per heavy atom. The van der Waals surface area contributed by atoms with Crippen LogP contribution in [0.15, 0.2) is 0 Å². The van der Waals surface area contributed by atoms with E-state index in [2.05, 4.69) is 50.0 Å². The van der Waals surface area contributed by atoms with Crippen LogP contribution >= 0.6 is 0 Å². The SMILES string of the molecule is CCCNC1C(N(C)C2CCCN(C)C2)CCC1(C)C. The Morgan fingerprint density at radius 2 is 2.05 bits per heavy atom. The minimum absolute atomic E-state index is 0.439. The van der Waals surface area contributed by atoms with E-state index in [1.165, 1.54) is 45.2 Å². The van der Waals surface area contributed by atoms with Crippen molar-refractivity contribution in [1.29, 1.82) is 0 Å². The fraction of sp³-hybridized carbons (Fsp3) is 1.00. The maximum atomic E-state index is 3.85. The van der Waals surface area contributed by atoms with E-state index in [1.54, 1.807) is 0 Å². The van der Waals surface area contributed by atoms with E-state index < -0.39 is 0 Å². The Kier molecular flexibility index (Phi) is 5.49. The molecule has 3 heteroatoms. The number of likely N-dealkylation sites (N-methyl/N-ethyl adjacent to an activating group) is 2. The van der Waals surface area contributed by atoms with Gasteiger partial charge in [-0.25, -0.2) is 0 Å². The third-order valence-corrected chi connectivity index (χ3v) is 5.62. The van der Waals surface area contributed by atoms with Crippen molar-refractivity contribution < 1.29 is 0 Å². The van der Waals surface area contributed by atoms with Crippen LogP contribution in [0.3, 0.4) is 0 Å². The number of nitrogens with zero attached hydrogens (tertiary/aromatic N) is 2. The average Bonchev–Trinajstić information content (AvgIpc) is 2.70. The highest BCUT2D eigenvalue weighted by Crippen LogP contribution is 2.40. The second-order valence-electron chi connectivity index (χ2n) is 7.75. The zero-order valence-electron chi connectivity index (χ0n) is 14.3. The quantitative estimate of drug-likeness (QED) is 0.835. The Balaban J connectivity index is 2.01. The summed E-state index contributed by atoms with van der Waals surface area (Å²) in [6.07, 6.45) is 6.67. The molecule has 2 fully saturated rings. The molecule has 1 saturated carbocycles. The Hall–Kier alpha value is -0.120. The fourth-order valence-corrected chi connectivity index (χ4v) is 4.26. The van der Waals surface area contributed by atoms with Crippen LogP contribution in [0.2, 0.25) is 0 Å². The maximum Gasteiger partial charge on any atom is 0.0274 e. The van der Waals surface area contributed by atoms with E-state index in [0.717, 1.165) is 12.6 Å². The second kappa shape index (κ2) is 6.76. The van der Waals surface area contributed by atoms with Crippen molar-refractivity contribution >= 4 is 0 Å². The van der Waals surface area contributed by atoms with Crippen LogP contribution < -0.4 is 5.32 Å². The van der Waals surface area contributed by atoms with Crippen molar-refractivity contribution in [2.45, 2.75) is 71.0 Å². The van der Waals surface area contributed by atoms with Gasteiger partial charge in [-0.2, -0.15) is 0 Å². The minimum atomic E-state index is 0.439. The molecule has 0 amide bonds. The zero-order valence-corrected chi connectivity index (χ0v) is 14.3. The second-order valence-corrected chi connectivity index (χ2v) is 7.75. The third kappa shape index (κ3) is 3.55. The zero-order chi connectivity index (χ0) is 14.8. The lowest BCUT2D eigenvalue weighted by atomic mass is 9.86. The molecular weight excluding hydrogens is 246 g/mol. The summed E-state index contributed by atoms with van der Waals surface area (Å²) >= 11 is 0. The lowest BCUT2D eigenvalue weighted by Gasteiger charge is -2.42. The summed E-state index contributed by atoms with van der Waals surface area (Å²) in [5.41, 5.74) is 0.439. The number of likely N-dealkylation sites (tertiary alicyclic amines) is 1. The largest absolute Gasteiger partial charge is 0.312 e. The molecule has 3 nitrogen and oxygen atoms in total. The Bertz CT molecular complexity index is 303. The topological polar surface area (TPSA) is 18.5 Å². The van der Waals surface area contributed by atoms with Gasteiger partial charge in [0.25, 0.3) is 0 Å². The molecule has 20 heavy (non-hydrogen) atoms. The van der Waals surface area contributed by atoms with Crippen molar-refractivity contribution in [2.75, 3.05) is 33.7 Å². The van der Waals surface area contributed by atoms with Crippen LogP contribution in [-0.4, -0.2) is 61.7 Å². The predicted molar refractivity (Wildman–Crippen MR) is 87.2 cm³/mol. The number of hydrogen-bond donors (Lipinski definition) is 1. The fourth-order valence-electron chi connectivity index (χ4n) is 4.26. The maximum absolute atomic E-state index is 3.85. The molecular formula is C17H35N3. The van der Waals surface area contributed by atoms with Gasteiger partial charge in [-0.15, -0.1) is 0 Å². The van der Waals surface area contributed by atoms with E-state index in [9.17, 15) is 0 Å². The molecule has 1 N–H and O–H groups in total. The smallest absolute Gasteiger partial charge is 0.0274 e. The summed E-state index contributed by atoms with van der Waals surface area (Å²) in [6.45, 7) is 10.8. The van der Waals surface area contributed by atoms with Gasteiger partial charge in [0.2, 0.25) is 0 Å². The van der Waals surface area contributed by atoms with Crippen molar-refractivity contribution in [3.05, 3.63) is 0 Å². The molecule has 118 valence electrons. The molecule has 1 aliphatic heterocycles. The summed E-state index contributed by atoms with van der Waals surface area (Å²) in [5.74, 6) is 0. The van der Waals surface area contributed by atoms with Gasteiger partial charge < -0.3 is 10.2 Å². The molecule has 2 rings (SSSR count). The standard InChI is InChI=1S/C17H35N3/c1-6-11-18-16-15(9-10-17(16,2)3)20(5)14-8-7-12-19(4)13-14/h14-16,18H,6-13H2,1-5H3. The highest BCUT2D eigenvalue weighted by atomic mass is 15.2. The normalized spacial score (nSPS) is 34.8. The van der Waals surface area contributed by atoms with E-state index in [4.69, 9.17) is 0 Å². The molecule has 0 spiro atoms. The van der Waals surface area contributed by atoms with E-state index >= 15 is 0 Å². The van der Waals surface area contributed by atoms with Gasteiger partial charge in [-0.05, 0) is 64.7 Å². The lowest BCUT2D eigenvalue weighted by molar-refractivity contribution is 0.0785. The van der Waals surface area contributed by atoms with Crippen LogP contribution in [0, 0.1) is 5.41 Å². The molecule has 0 aromatic heterocycles. The van der Waals surface area contributed by atoms with Gasteiger partial charge in [-0.3, -0.25) is 4.90 Å². The van der Waals surface area contributed by atoms with Crippen LogP contribution in [0.1, 0.15) is 52.9 Å². The van der Waals surface area contributed by atoms with Gasteiger partial charge in [0.05, 0.1) is 0 Å². The number of rotatable bonds is 5. The number of hydrogen-bond acceptors (Lipinski definition) is 3. The molecule has 0 radical (unpaired) electrons. The first-order valence-electron chi connectivity index (χ1n) is 8.59. The van der Waals surface area contributed by atoms with Crippen LogP contribution in [0.5, 0.6) is 0 Å². The summed E-state index contributed by atoms with van der Waals surface area (Å²) < 4.78 is 0. The molecule has 0 bridgehead atoms. The van der Waals surface area contributed by atoms with E-state index in [0.29, 0.717) is 17.5 Å². The summed E-state index contributed by atoms with van der Waals surface area (Å²) in [4.78, 5) is 5.21. The minimum Gasteiger partial charge on any atom is -0.312 e. The third-order valence-electron chi connectivity index (χ3n) is 5.62. The first-order chi connectivity index (χ1) is 9.45. The van der Waals surface area contributed by atoms with Crippen molar-refractivity contribution in [3.63, 3.8) is 0 Å². The highest BCUT2D eigenvalue weighted by molar-refractivity contribution is 5.02. The average molecular weight is 281 g/mol. The van der Waals surface area contributed by atoms with Crippen LogP contribution in [0.4, 0.5) is 0 Å². The van der Waals surface area contributed by atoms with E-state index in [-0.39, 0.29) is 0 Å². The summed E-state index contributed by atoms with van der Waals surface area (Å²) in [5, 5.41) is 3.85. The molecule has 2 aliphatic rings.